The van der Waals surface area contributed by atoms with Gasteiger partial charge in [0.1, 0.15) is 16.8 Å². The van der Waals surface area contributed by atoms with E-state index in [9.17, 15) is 55.2 Å². The number of esters is 2. The highest BCUT2D eigenvalue weighted by atomic mass is 79.9. The van der Waals surface area contributed by atoms with Crippen molar-refractivity contribution in [1.29, 1.82) is 0 Å². The molecule has 5 aromatic heterocycles. The molecule has 5 fully saturated rings. The van der Waals surface area contributed by atoms with Crippen molar-refractivity contribution in [2.24, 2.45) is 0 Å². The molecule has 0 bridgehead atoms. The van der Waals surface area contributed by atoms with Crippen molar-refractivity contribution in [2.75, 3.05) is 165 Å². The first-order valence-corrected chi connectivity index (χ1v) is 47.3. The topological polar surface area (TPSA) is 389 Å². The highest BCUT2D eigenvalue weighted by molar-refractivity contribution is 9.11. The van der Waals surface area contributed by atoms with Gasteiger partial charge in [-0.25, -0.2) is 71.2 Å². The summed E-state index contributed by atoms with van der Waals surface area (Å²) in [5, 5.41) is 18.8. The molecular weight excluding hydrogens is 1810 g/mol. The smallest absolute Gasteiger partial charge is 0.410 e. The Balaban J connectivity index is 0.000000176. The van der Waals surface area contributed by atoms with Crippen LogP contribution in [-0.2, 0) is 58.1 Å². The summed E-state index contributed by atoms with van der Waals surface area (Å²) in [6.07, 6.45) is 17.8. The van der Waals surface area contributed by atoms with E-state index in [0.29, 0.717) is 124 Å². The lowest BCUT2D eigenvalue weighted by atomic mass is 10.1. The van der Waals surface area contributed by atoms with E-state index in [1.165, 1.54) is 109 Å². The Morgan fingerprint density at radius 1 is 0.416 bits per heavy atom. The van der Waals surface area contributed by atoms with E-state index in [2.05, 4.69) is 70.3 Å². The van der Waals surface area contributed by atoms with Crippen molar-refractivity contribution in [1.82, 2.24) is 59.0 Å². The Morgan fingerprint density at radius 2 is 0.720 bits per heavy atom. The van der Waals surface area contributed by atoms with Gasteiger partial charge in [-0.15, -0.1) is 11.3 Å². The summed E-state index contributed by atoms with van der Waals surface area (Å²) >= 11 is 10.2. The Hall–Kier alpha value is -10.3. The normalized spacial score (nSPS) is 15.6. The van der Waals surface area contributed by atoms with Crippen molar-refractivity contribution < 1.29 is 84.1 Å². The minimum atomic E-state index is -3.56. The molecule has 0 saturated carbocycles. The Kier molecular flexibility index (Phi) is 36.5. The van der Waals surface area contributed by atoms with Crippen LogP contribution in [0.2, 0.25) is 0 Å². The quantitative estimate of drug-likeness (QED) is 0.0202. The van der Waals surface area contributed by atoms with Crippen LogP contribution in [0.4, 0.5) is 34.9 Å². The molecule has 42 heteroatoms. The van der Waals surface area contributed by atoms with E-state index in [4.69, 9.17) is 19.4 Å². The number of halogens is 1. The number of amides is 4. The number of fused-ring (bicyclic) bond motifs is 2. The van der Waals surface area contributed by atoms with E-state index >= 15 is 0 Å². The minimum absolute atomic E-state index is 0.200. The monoisotopic (exact) mass is 1910 g/mol. The number of piperazine rings is 5. The van der Waals surface area contributed by atoms with Crippen molar-refractivity contribution >= 4 is 202 Å². The predicted molar refractivity (Wildman–Crippen MR) is 491 cm³/mol. The number of hydrogen-bond acceptors (Lipinski definition) is 33. The predicted octanol–water partition coefficient (Wildman–Crippen LogP) is 12.3. The van der Waals surface area contributed by atoms with Crippen LogP contribution in [0.3, 0.4) is 0 Å². The number of carbonyl (C=O) groups excluding carboxylic acids is 8. The van der Waals surface area contributed by atoms with Gasteiger partial charge < -0.3 is 63.3 Å². The average Bonchev–Trinajstić information content (AvgIpc) is 1.38. The van der Waals surface area contributed by atoms with Crippen LogP contribution in [0, 0.1) is 0 Å². The van der Waals surface area contributed by atoms with Gasteiger partial charge in [0, 0.05) is 189 Å². The van der Waals surface area contributed by atoms with Gasteiger partial charge in [0.25, 0.3) is 5.91 Å². The Bertz CT molecular complexity index is 5260. The molecule has 3 N–H and O–H groups in total. The number of anilines is 4. The summed E-state index contributed by atoms with van der Waals surface area (Å²) < 4.78 is 81.3. The maximum atomic E-state index is 13.1. The molecule has 10 heterocycles. The third-order valence-electron chi connectivity index (χ3n) is 18.4. The summed E-state index contributed by atoms with van der Waals surface area (Å²) in [5.74, 6) is -1.43. The molecule has 0 unspecified atom stereocenters. The highest BCUT2D eigenvalue weighted by Crippen LogP contribution is 2.32. The highest BCUT2D eigenvalue weighted by Gasteiger charge is 2.34. The van der Waals surface area contributed by atoms with Gasteiger partial charge in [-0.1, -0.05) is 106 Å². The number of rotatable bonds is 16. The second-order valence-electron chi connectivity index (χ2n) is 30.9. The molecule has 4 aromatic carbocycles. The Labute approximate surface area is 755 Å². The maximum absolute atomic E-state index is 13.1. The van der Waals surface area contributed by atoms with Gasteiger partial charge in [-0.3, -0.25) is 19.6 Å². The number of sulfonamides is 2. The number of hydroxylamine groups is 1. The number of aromatic nitrogens is 5. The fraction of sp³-hybridized carbons (Fsp3) is 0.410. The first-order chi connectivity index (χ1) is 59.4. The first-order valence-electron chi connectivity index (χ1n) is 39.5. The van der Waals surface area contributed by atoms with E-state index in [1.807, 2.05) is 128 Å². The van der Waals surface area contributed by atoms with E-state index < -0.39 is 49.1 Å². The molecule has 0 atom stereocenters. The van der Waals surface area contributed by atoms with Gasteiger partial charge in [0.15, 0.2) is 37.0 Å². The van der Waals surface area contributed by atoms with Gasteiger partial charge >= 0.3 is 30.2 Å². The second-order valence-corrected chi connectivity index (χ2v) is 41.3. The molecule has 9 aromatic rings. The molecule has 14 rings (SSSR count). The SMILES string of the molecule is CC(C)(C)OC(=O)N1CCN(c2ncc(C=O)s2)CC1.CC(C)(C)OC(=O)N1CCNCC1.COC(=O)/C=C/c1cnc(N2CCN(C(=O)OC(C)(C)C)CC2)s1.COC(=O)/C=C/c1cnc(N2CCN(S(=O)(=O)c3ccc4ccccc4c3)CC2)s1.O=C(/C=C/c1cnc(N2CCN(S(=O)(=O)c3ccc4ccccc4c3)CC2)s1)NO.O=Cc1cnc(Br)s1. The van der Waals surface area contributed by atoms with Crippen LogP contribution in [0.15, 0.2) is 148 Å². The molecular formula is C83H103BrN16O18S7. The van der Waals surface area contributed by atoms with Crippen LogP contribution in [0.1, 0.15) is 96.3 Å². The van der Waals surface area contributed by atoms with Crippen molar-refractivity contribution in [2.45, 2.75) is 88.9 Å². The average molecular weight is 1920 g/mol. The number of hydrogen-bond donors (Lipinski definition) is 3. The van der Waals surface area contributed by atoms with Gasteiger partial charge in [0.05, 0.1) is 40.0 Å². The van der Waals surface area contributed by atoms with Gasteiger partial charge in [0.2, 0.25) is 20.0 Å². The maximum Gasteiger partial charge on any atom is 0.410 e. The molecule has 0 radical (unpaired) electrons. The molecule has 0 spiro atoms. The molecule has 125 heavy (non-hydrogen) atoms. The molecule has 34 nitrogen and oxygen atoms in total. The lowest BCUT2D eigenvalue weighted by Crippen LogP contribution is -2.50. The van der Waals surface area contributed by atoms with E-state index in [-0.39, 0.29) is 23.9 Å². The molecule has 672 valence electrons. The summed E-state index contributed by atoms with van der Waals surface area (Å²) in [6, 6.07) is 25.9. The second kappa shape index (κ2) is 46.3. The number of aldehydes is 2. The zero-order valence-corrected chi connectivity index (χ0v) is 78.4. The lowest BCUT2D eigenvalue weighted by Gasteiger charge is -2.35. The number of methoxy groups -OCH3 is 2. The molecule has 4 amide bonds. The third-order valence-corrected chi connectivity index (χ3v) is 27.6. The number of benzene rings is 4. The van der Waals surface area contributed by atoms with Crippen LogP contribution < -0.4 is 30.4 Å². The fourth-order valence-electron chi connectivity index (χ4n) is 12.1. The van der Waals surface area contributed by atoms with Crippen molar-refractivity contribution in [3.8, 4) is 0 Å². The summed E-state index contributed by atoms with van der Waals surface area (Å²) in [5.41, 5.74) is 0.195. The number of thiazole rings is 5. The van der Waals surface area contributed by atoms with Crippen LogP contribution >= 0.6 is 72.6 Å². The van der Waals surface area contributed by atoms with E-state index in [0.717, 1.165) is 99.4 Å². The zero-order chi connectivity index (χ0) is 90.7. The standard InChI is InChI=1S/C21H21N3O4S2.C20H20N4O4S2.C16H23N3O4S.C13H19N3O3S.C9H18N2O2.C4H2BrNOS/c1-28-20(25)9-7-18-15-22-21(29-18)23-10-12-24(13-11-23)30(26,27)19-8-6-16-4-2-3-5-17(16)14-19;25-19(22-26)8-6-17-14-21-20(29-17)23-9-11-24(12-10-23)30(27,28)18-7-5-15-3-1-2-4-16(15)13-18;1-16(2,3)23-15(21)19-9-7-18(8-10-19)14-17-11-12(24-14)5-6-13(20)22-4;1-13(2,3)19-12(18)16-6-4-15(5-7-16)11-14-8-10(9-17)20-11;1-9(2,3)13-8(12)11-6-4-10-5-7-11;5-4-6-1-3(2-7)8-4/h2-9,14-15H,10-13H2,1H3;1-8,13-14,26H,9-12H2,(H,22,25);5-6,11H,7-10H2,1-4H3;8-9H,4-7H2,1-3H3;10H,4-7H2,1-3H3;1-2H/b9-7+;8-6+;6-5+;;;. The van der Waals surface area contributed by atoms with Crippen LogP contribution in [0.5, 0.6) is 0 Å². The summed E-state index contributed by atoms with van der Waals surface area (Å²) in [7, 11) is -4.44. The fourth-order valence-corrected chi connectivity index (χ4v) is 19.5. The Morgan fingerprint density at radius 3 is 1.02 bits per heavy atom. The minimum Gasteiger partial charge on any atom is -0.466 e. The van der Waals surface area contributed by atoms with E-state index in [1.54, 1.807) is 82.0 Å². The summed E-state index contributed by atoms with van der Waals surface area (Å²) in [4.78, 5) is 128. The molecule has 5 saturated heterocycles. The largest absolute Gasteiger partial charge is 0.466 e. The van der Waals surface area contributed by atoms with Crippen molar-refractivity contribution in [3.63, 3.8) is 0 Å². The molecule has 5 aliphatic heterocycles. The van der Waals surface area contributed by atoms with Crippen molar-refractivity contribution in [3.05, 3.63) is 162 Å². The zero-order valence-electron chi connectivity index (χ0n) is 71.1. The van der Waals surface area contributed by atoms with Gasteiger partial charge in [-0.2, -0.15) is 8.61 Å². The third kappa shape index (κ3) is 30.8. The van der Waals surface area contributed by atoms with Crippen LogP contribution in [-0.4, -0.2) is 281 Å². The summed E-state index contributed by atoms with van der Waals surface area (Å²) in [6.45, 7) is 28.9. The first kappa shape index (κ1) is 98.5. The number of carbonyl (C=O) groups is 8. The van der Waals surface area contributed by atoms with Gasteiger partial charge in [-0.05, 0) is 142 Å². The number of nitrogens with one attached hydrogen (secondary N) is 2. The number of nitrogens with zero attached hydrogens (tertiary/aromatic N) is 14. The lowest BCUT2D eigenvalue weighted by molar-refractivity contribution is -0.135. The number of ether oxygens (including phenoxy) is 5. The van der Waals surface area contributed by atoms with Crippen LogP contribution in [0.25, 0.3) is 39.8 Å². The molecule has 0 aliphatic carbocycles. The molecule has 5 aliphatic rings.